The number of nitrogens with zero attached hydrogens (tertiary/aromatic N) is 4. The highest BCUT2D eigenvalue weighted by atomic mass is 32.2. The molecule has 0 spiro atoms. The van der Waals surface area contributed by atoms with E-state index in [1.54, 1.807) is 9.80 Å². The third-order valence-electron chi connectivity index (χ3n) is 6.18. The van der Waals surface area contributed by atoms with Gasteiger partial charge in [0.15, 0.2) is 0 Å². The molecule has 4 fully saturated rings. The number of hydrogen-bond donors (Lipinski definition) is 0. The highest BCUT2D eigenvalue weighted by Crippen LogP contribution is 2.42. The standard InChI is InChI=1S/C22H28N4O6S4/c27-15(23-7-11-31-12-8-23)3-1-5-25-19(29)17(35-21(25)33)18-20(30)26(22(34)36-18)6-2-4-16(28)24-9-13-32-14-10-24/h1-14H2. The van der Waals surface area contributed by atoms with Crippen LogP contribution in [-0.4, -0.2) is 118 Å². The van der Waals surface area contributed by atoms with Crippen LogP contribution in [0.25, 0.3) is 0 Å². The molecule has 0 aliphatic carbocycles. The third-order valence-corrected chi connectivity index (χ3v) is 9.20. The fourth-order valence-corrected chi connectivity index (χ4v) is 6.95. The van der Waals surface area contributed by atoms with Crippen LogP contribution in [0.15, 0.2) is 9.81 Å². The lowest BCUT2D eigenvalue weighted by molar-refractivity contribution is -0.136. The minimum Gasteiger partial charge on any atom is -0.378 e. The molecule has 4 amide bonds. The number of thioether (sulfide) groups is 2. The van der Waals surface area contributed by atoms with Crippen molar-refractivity contribution in [3.8, 4) is 0 Å². The topological polar surface area (TPSA) is 99.7 Å². The van der Waals surface area contributed by atoms with Gasteiger partial charge in [0.05, 0.1) is 36.2 Å². The maximum absolute atomic E-state index is 13.1. The van der Waals surface area contributed by atoms with Gasteiger partial charge in [0, 0.05) is 52.1 Å². The normalized spacial score (nSPS) is 23.3. The minimum atomic E-state index is -0.327. The van der Waals surface area contributed by atoms with Crippen LogP contribution in [-0.2, 0) is 28.7 Å². The summed E-state index contributed by atoms with van der Waals surface area (Å²) < 4.78 is 11.3. The molecule has 4 aliphatic heterocycles. The Morgan fingerprint density at radius 2 is 1.06 bits per heavy atom. The molecular formula is C22H28N4O6S4. The summed E-state index contributed by atoms with van der Waals surface area (Å²) in [4.78, 5) is 57.9. The van der Waals surface area contributed by atoms with Crippen molar-refractivity contribution < 1.29 is 28.7 Å². The van der Waals surface area contributed by atoms with E-state index in [1.807, 2.05) is 0 Å². The molecule has 0 bridgehead atoms. The Bertz CT molecular complexity index is 902. The Hall–Kier alpha value is -1.58. The molecule has 196 valence electrons. The van der Waals surface area contributed by atoms with Crippen molar-refractivity contribution in [2.75, 3.05) is 65.7 Å². The van der Waals surface area contributed by atoms with Gasteiger partial charge in [0.25, 0.3) is 11.8 Å². The Labute approximate surface area is 229 Å². The summed E-state index contributed by atoms with van der Waals surface area (Å²) in [7, 11) is 0. The first kappa shape index (κ1) is 27.5. The number of carbonyl (C=O) groups excluding carboxylic acids is 4. The number of amides is 4. The van der Waals surface area contributed by atoms with Crippen LogP contribution in [0.1, 0.15) is 25.7 Å². The van der Waals surface area contributed by atoms with Gasteiger partial charge in [0.2, 0.25) is 11.8 Å². The Balaban J connectivity index is 1.28. The molecule has 0 unspecified atom stereocenters. The van der Waals surface area contributed by atoms with Gasteiger partial charge >= 0.3 is 0 Å². The van der Waals surface area contributed by atoms with Crippen molar-refractivity contribution in [2.45, 2.75) is 25.7 Å². The van der Waals surface area contributed by atoms with E-state index in [0.29, 0.717) is 100 Å². The zero-order chi connectivity index (χ0) is 25.7. The van der Waals surface area contributed by atoms with Crippen molar-refractivity contribution in [3.05, 3.63) is 9.81 Å². The van der Waals surface area contributed by atoms with E-state index in [0.717, 1.165) is 23.5 Å². The second-order valence-electron chi connectivity index (χ2n) is 8.50. The molecule has 0 saturated carbocycles. The SMILES string of the molecule is O=C(CCCN1C(=O)C(=C2SC(=S)N(CCCC(=O)N3CCOCC3)C2=O)SC1=S)N1CCOCC1. The summed E-state index contributed by atoms with van der Waals surface area (Å²) in [5.41, 5.74) is 0. The van der Waals surface area contributed by atoms with Gasteiger partial charge in [-0.1, -0.05) is 48.0 Å². The predicted octanol–water partition coefficient (Wildman–Crippen LogP) is 1.20. The Morgan fingerprint density at radius 1 is 0.694 bits per heavy atom. The first-order chi connectivity index (χ1) is 17.4. The summed E-state index contributed by atoms with van der Waals surface area (Å²) >= 11 is 13.0. The van der Waals surface area contributed by atoms with E-state index in [9.17, 15) is 19.2 Å². The van der Waals surface area contributed by atoms with Gasteiger partial charge in [-0.05, 0) is 12.8 Å². The van der Waals surface area contributed by atoms with E-state index < -0.39 is 0 Å². The number of ether oxygens (including phenoxy) is 2. The predicted molar refractivity (Wildman–Crippen MR) is 144 cm³/mol. The third kappa shape index (κ3) is 6.45. The zero-order valence-corrected chi connectivity index (χ0v) is 23.0. The lowest BCUT2D eigenvalue weighted by Gasteiger charge is -2.27. The molecule has 36 heavy (non-hydrogen) atoms. The fourth-order valence-electron chi connectivity index (χ4n) is 4.17. The van der Waals surface area contributed by atoms with Crippen molar-refractivity contribution in [3.63, 3.8) is 0 Å². The van der Waals surface area contributed by atoms with E-state index in [4.69, 9.17) is 33.9 Å². The zero-order valence-electron chi connectivity index (χ0n) is 19.8. The van der Waals surface area contributed by atoms with Crippen LogP contribution in [0, 0.1) is 0 Å². The number of rotatable bonds is 8. The van der Waals surface area contributed by atoms with E-state index >= 15 is 0 Å². The van der Waals surface area contributed by atoms with Crippen molar-refractivity contribution >= 4 is 80.2 Å². The van der Waals surface area contributed by atoms with Crippen LogP contribution in [0.2, 0.25) is 0 Å². The van der Waals surface area contributed by atoms with E-state index in [1.165, 1.54) is 9.80 Å². The first-order valence-electron chi connectivity index (χ1n) is 11.9. The van der Waals surface area contributed by atoms with Crippen LogP contribution in [0.5, 0.6) is 0 Å². The maximum atomic E-state index is 13.1. The van der Waals surface area contributed by atoms with Gasteiger partial charge in [-0.25, -0.2) is 0 Å². The summed E-state index contributed by atoms with van der Waals surface area (Å²) in [5, 5.41) is 0. The molecule has 0 N–H and O–H groups in total. The Kier molecular flexibility index (Phi) is 9.75. The molecule has 4 heterocycles. The molecule has 10 nitrogen and oxygen atoms in total. The Morgan fingerprint density at radius 3 is 1.42 bits per heavy atom. The van der Waals surface area contributed by atoms with Crippen LogP contribution in [0.3, 0.4) is 0 Å². The van der Waals surface area contributed by atoms with Gasteiger partial charge in [-0.15, -0.1) is 0 Å². The average molecular weight is 573 g/mol. The van der Waals surface area contributed by atoms with Gasteiger partial charge in [-0.2, -0.15) is 0 Å². The lowest BCUT2D eigenvalue weighted by atomic mass is 10.2. The second-order valence-corrected chi connectivity index (χ2v) is 11.8. The van der Waals surface area contributed by atoms with Gasteiger partial charge in [-0.3, -0.25) is 29.0 Å². The quantitative estimate of drug-likeness (QED) is 0.312. The number of morpholine rings is 2. The van der Waals surface area contributed by atoms with Crippen LogP contribution < -0.4 is 0 Å². The highest BCUT2D eigenvalue weighted by Gasteiger charge is 2.41. The van der Waals surface area contributed by atoms with Gasteiger partial charge in [0.1, 0.15) is 8.64 Å². The molecule has 0 aromatic rings. The molecule has 0 radical (unpaired) electrons. The molecule has 4 rings (SSSR count). The van der Waals surface area contributed by atoms with E-state index in [2.05, 4.69) is 0 Å². The number of hydrogen-bond acceptors (Lipinski definition) is 10. The molecule has 0 aromatic carbocycles. The summed E-state index contributed by atoms with van der Waals surface area (Å²) in [6.45, 7) is 5.15. The van der Waals surface area contributed by atoms with Crippen molar-refractivity contribution in [1.82, 2.24) is 19.6 Å². The largest absolute Gasteiger partial charge is 0.378 e. The average Bonchev–Trinajstić information content (AvgIpc) is 3.34. The molecule has 4 aliphatic rings. The summed E-state index contributed by atoms with van der Waals surface area (Å²) in [5.74, 6) is -0.577. The van der Waals surface area contributed by atoms with Crippen molar-refractivity contribution in [1.29, 1.82) is 0 Å². The minimum absolute atomic E-state index is 0.0386. The van der Waals surface area contributed by atoms with Crippen LogP contribution >= 0.6 is 48.0 Å². The lowest BCUT2D eigenvalue weighted by Crippen LogP contribution is -2.41. The second kappa shape index (κ2) is 12.8. The summed E-state index contributed by atoms with van der Waals surface area (Å²) in [6.07, 6.45) is 1.59. The summed E-state index contributed by atoms with van der Waals surface area (Å²) in [6, 6.07) is 0. The molecule has 14 heteroatoms. The number of thiocarbonyl (C=S) groups is 2. The van der Waals surface area contributed by atoms with Gasteiger partial charge < -0.3 is 19.3 Å². The molecule has 0 aromatic heterocycles. The maximum Gasteiger partial charge on any atom is 0.267 e. The van der Waals surface area contributed by atoms with Crippen LogP contribution in [0.4, 0.5) is 0 Å². The highest BCUT2D eigenvalue weighted by molar-refractivity contribution is 8.29. The molecule has 4 saturated heterocycles. The first-order valence-corrected chi connectivity index (χ1v) is 14.3. The monoisotopic (exact) mass is 572 g/mol. The number of carbonyl (C=O) groups is 4. The fraction of sp³-hybridized carbons (Fsp3) is 0.636. The van der Waals surface area contributed by atoms with Crippen molar-refractivity contribution in [2.24, 2.45) is 0 Å². The molecule has 0 atom stereocenters. The smallest absolute Gasteiger partial charge is 0.267 e. The van der Waals surface area contributed by atoms with E-state index in [-0.39, 0.29) is 33.4 Å². The molecular weight excluding hydrogens is 545 g/mol.